The summed E-state index contributed by atoms with van der Waals surface area (Å²) in [6.07, 6.45) is 0.871. The third-order valence-corrected chi connectivity index (χ3v) is 4.78. The number of ether oxygens (including phenoxy) is 1. The molecule has 0 spiro atoms. The molecule has 8 heteroatoms. The molecule has 29 heavy (non-hydrogen) atoms. The fourth-order valence-electron chi connectivity index (χ4n) is 3.21. The number of hydrogen-bond acceptors (Lipinski definition) is 6. The molecule has 0 bridgehead atoms. The van der Waals surface area contributed by atoms with Gasteiger partial charge in [-0.3, -0.25) is 9.59 Å². The smallest absolute Gasteiger partial charge is 0.254 e. The van der Waals surface area contributed by atoms with Crippen molar-refractivity contribution in [2.24, 2.45) is 0 Å². The molecular formula is C21H24N2O6. The third kappa shape index (κ3) is 5.10. The van der Waals surface area contributed by atoms with Gasteiger partial charge < -0.3 is 29.9 Å². The van der Waals surface area contributed by atoms with Gasteiger partial charge in [0.2, 0.25) is 5.91 Å². The maximum Gasteiger partial charge on any atom is 0.254 e. The fraction of sp³-hybridized carbons (Fsp3) is 0.333. The number of phenols is 3. The molecule has 1 aliphatic heterocycles. The molecule has 0 aliphatic carbocycles. The first-order chi connectivity index (χ1) is 14.0. The quantitative estimate of drug-likeness (QED) is 0.662. The van der Waals surface area contributed by atoms with Crippen LogP contribution in [0.3, 0.4) is 0 Å². The Morgan fingerprint density at radius 1 is 0.897 bits per heavy atom. The summed E-state index contributed by atoms with van der Waals surface area (Å²) < 4.78 is 5.57. The Labute approximate surface area is 168 Å². The highest BCUT2D eigenvalue weighted by Crippen LogP contribution is 2.35. The summed E-state index contributed by atoms with van der Waals surface area (Å²) in [6, 6.07) is 11.5. The van der Waals surface area contributed by atoms with E-state index in [2.05, 4.69) is 0 Å². The van der Waals surface area contributed by atoms with Crippen LogP contribution >= 0.6 is 0 Å². The second-order valence-corrected chi connectivity index (χ2v) is 6.80. The van der Waals surface area contributed by atoms with Crippen LogP contribution in [0.25, 0.3) is 0 Å². The van der Waals surface area contributed by atoms with Gasteiger partial charge in [0.1, 0.15) is 5.75 Å². The summed E-state index contributed by atoms with van der Waals surface area (Å²) in [7, 11) is 0. The zero-order valence-electron chi connectivity index (χ0n) is 16.0. The van der Waals surface area contributed by atoms with E-state index >= 15 is 0 Å². The molecule has 0 saturated carbocycles. The number of aromatic hydroxyl groups is 3. The zero-order chi connectivity index (χ0) is 20.8. The first-order valence-corrected chi connectivity index (χ1v) is 9.45. The van der Waals surface area contributed by atoms with Crippen LogP contribution in [0.15, 0.2) is 42.5 Å². The van der Waals surface area contributed by atoms with Crippen LogP contribution in [-0.4, -0.2) is 69.7 Å². The average molecular weight is 400 g/mol. The summed E-state index contributed by atoms with van der Waals surface area (Å²) in [4.78, 5) is 28.4. The van der Waals surface area contributed by atoms with Crippen LogP contribution in [0, 0.1) is 0 Å². The molecule has 0 aromatic heterocycles. The first-order valence-electron chi connectivity index (χ1n) is 9.45. The third-order valence-electron chi connectivity index (χ3n) is 4.78. The first kappa shape index (κ1) is 20.3. The van der Waals surface area contributed by atoms with Crippen molar-refractivity contribution in [1.82, 2.24) is 9.80 Å². The molecule has 1 heterocycles. The lowest BCUT2D eigenvalue weighted by Crippen LogP contribution is -2.37. The van der Waals surface area contributed by atoms with E-state index in [0.717, 1.165) is 12.1 Å². The van der Waals surface area contributed by atoms with Crippen molar-refractivity contribution in [2.75, 3.05) is 32.8 Å². The molecule has 1 fully saturated rings. The van der Waals surface area contributed by atoms with Crippen LogP contribution < -0.4 is 4.74 Å². The van der Waals surface area contributed by atoms with Crippen LogP contribution in [0.1, 0.15) is 23.2 Å². The van der Waals surface area contributed by atoms with Gasteiger partial charge in [0.25, 0.3) is 5.91 Å². The summed E-state index contributed by atoms with van der Waals surface area (Å²) in [5, 5.41) is 28.7. The maximum atomic E-state index is 12.7. The molecule has 3 rings (SSSR count). The van der Waals surface area contributed by atoms with Crippen LogP contribution in [0.4, 0.5) is 0 Å². The van der Waals surface area contributed by atoms with Gasteiger partial charge in [-0.05, 0) is 30.7 Å². The molecule has 3 N–H and O–H groups in total. The van der Waals surface area contributed by atoms with Gasteiger partial charge in [-0.2, -0.15) is 0 Å². The number of rotatable bonds is 5. The Balaban J connectivity index is 1.53. The molecule has 8 nitrogen and oxygen atoms in total. The maximum absolute atomic E-state index is 12.7. The molecule has 154 valence electrons. The summed E-state index contributed by atoms with van der Waals surface area (Å²) in [6.45, 7) is 2.01. The lowest BCUT2D eigenvalue weighted by atomic mass is 10.1. The van der Waals surface area contributed by atoms with Gasteiger partial charge in [-0.25, -0.2) is 0 Å². The van der Waals surface area contributed by atoms with Crippen molar-refractivity contribution in [3.63, 3.8) is 0 Å². The topological polar surface area (TPSA) is 111 Å². The molecule has 0 radical (unpaired) electrons. The number of amides is 2. The predicted octanol–water partition coefficient (Wildman–Crippen LogP) is 1.95. The summed E-state index contributed by atoms with van der Waals surface area (Å²) in [5.41, 5.74) is 0.0776. The van der Waals surface area contributed by atoms with Gasteiger partial charge in [0, 0.05) is 31.7 Å². The highest BCUT2D eigenvalue weighted by Gasteiger charge is 2.24. The van der Waals surface area contributed by atoms with E-state index in [-0.39, 0.29) is 30.4 Å². The average Bonchev–Trinajstić information content (AvgIpc) is 2.98. The highest BCUT2D eigenvalue weighted by atomic mass is 16.5. The summed E-state index contributed by atoms with van der Waals surface area (Å²) in [5.74, 6) is -1.47. The van der Waals surface area contributed by atoms with Crippen molar-refractivity contribution in [1.29, 1.82) is 0 Å². The second-order valence-electron chi connectivity index (χ2n) is 6.80. The van der Waals surface area contributed by atoms with Gasteiger partial charge in [-0.15, -0.1) is 0 Å². The highest BCUT2D eigenvalue weighted by molar-refractivity contribution is 5.95. The number of carbonyl (C=O) groups is 2. The Kier molecular flexibility index (Phi) is 6.43. The van der Waals surface area contributed by atoms with Gasteiger partial charge in [0.05, 0.1) is 13.0 Å². The Bertz CT molecular complexity index is 848. The van der Waals surface area contributed by atoms with E-state index in [1.165, 1.54) is 0 Å². The lowest BCUT2D eigenvalue weighted by Gasteiger charge is -2.22. The Morgan fingerprint density at radius 2 is 1.52 bits per heavy atom. The summed E-state index contributed by atoms with van der Waals surface area (Å²) >= 11 is 0. The standard InChI is InChI=1S/C21H24N2O6/c24-17-13-15(14-18(25)20(17)27)21(28)23-9-4-8-22(10-11-23)19(26)7-12-29-16-5-2-1-3-6-16/h1-3,5-6,13-14,24-25,27H,4,7-12H2. The Morgan fingerprint density at radius 3 is 2.21 bits per heavy atom. The van der Waals surface area contributed by atoms with Gasteiger partial charge in [0.15, 0.2) is 17.2 Å². The largest absolute Gasteiger partial charge is 0.504 e. The minimum Gasteiger partial charge on any atom is -0.504 e. The minimum absolute atomic E-state index is 0.0323. The monoisotopic (exact) mass is 400 g/mol. The van der Waals surface area contributed by atoms with Crippen LogP contribution in [0.2, 0.25) is 0 Å². The van der Waals surface area contributed by atoms with Crippen LogP contribution in [0.5, 0.6) is 23.0 Å². The zero-order valence-corrected chi connectivity index (χ0v) is 16.0. The molecule has 2 aromatic rings. The van der Waals surface area contributed by atoms with Crippen LogP contribution in [-0.2, 0) is 4.79 Å². The molecular weight excluding hydrogens is 376 g/mol. The number of para-hydroxylation sites is 1. The fourth-order valence-corrected chi connectivity index (χ4v) is 3.21. The number of nitrogens with zero attached hydrogens (tertiary/aromatic N) is 2. The van der Waals surface area contributed by atoms with Crippen molar-refractivity contribution in [2.45, 2.75) is 12.8 Å². The lowest BCUT2D eigenvalue weighted by molar-refractivity contribution is -0.131. The predicted molar refractivity (Wildman–Crippen MR) is 105 cm³/mol. The molecule has 2 aromatic carbocycles. The van der Waals surface area contributed by atoms with E-state index in [0.29, 0.717) is 38.3 Å². The van der Waals surface area contributed by atoms with E-state index < -0.39 is 17.2 Å². The van der Waals surface area contributed by atoms with Gasteiger partial charge >= 0.3 is 0 Å². The molecule has 0 atom stereocenters. The van der Waals surface area contributed by atoms with Gasteiger partial charge in [-0.1, -0.05) is 18.2 Å². The number of benzene rings is 2. The molecule has 1 aliphatic rings. The van der Waals surface area contributed by atoms with Crippen molar-refractivity contribution >= 4 is 11.8 Å². The Hall–Kier alpha value is -3.42. The molecule has 2 amide bonds. The van der Waals surface area contributed by atoms with E-state index in [4.69, 9.17) is 4.74 Å². The number of phenolic OH excluding ortho intramolecular Hbond substituents is 3. The minimum atomic E-state index is -0.660. The normalized spacial score (nSPS) is 14.3. The molecule has 0 unspecified atom stereocenters. The molecule has 1 saturated heterocycles. The van der Waals surface area contributed by atoms with Crippen molar-refractivity contribution in [3.8, 4) is 23.0 Å². The number of carbonyl (C=O) groups excluding carboxylic acids is 2. The van der Waals surface area contributed by atoms with Crippen molar-refractivity contribution < 1.29 is 29.6 Å². The van der Waals surface area contributed by atoms with Crippen molar-refractivity contribution in [3.05, 3.63) is 48.0 Å². The second kappa shape index (κ2) is 9.18. The van der Waals surface area contributed by atoms with E-state index in [1.54, 1.807) is 9.80 Å². The SMILES string of the molecule is O=C(CCOc1ccccc1)N1CCCN(C(=O)c2cc(O)c(O)c(O)c2)CC1. The van der Waals surface area contributed by atoms with E-state index in [1.807, 2.05) is 30.3 Å². The number of hydrogen-bond donors (Lipinski definition) is 3. The van der Waals surface area contributed by atoms with E-state index in [9.17, 15) is 24.9 Å².